The molecule has 3 aromatic carbocycles. The Morgan fingerprint density at radius 1 is 1.06 bits per heavy atom. The molecule has 0 saturated carbocycles. The van der Waals surface area contributed by atoms with E-state index in [0.29, 0.717) is 22.2 Å². The molecule has 0 fully saturated rings. The van der Waals surface area contributed by atoms with E-state index in [9.17, 15) is 4.79 Å². The number of carbonyl (C=O) groups excluding carboxylic acids is 1. The summed E-state index contributed by atoms with van der Waals surface area (Å²) < 4.78 is 7.27. The van der Waals surface area contributed by atoms with Crippen molar-refractivity contribution in [3.05, 3.63) is 94.7 Å². The summed E-state index contributed by atoms with van der Waals surface area (Å²) in [5.41, 5.74) is 4.79. The molecule has 0 aliphatic carbocycles. The number of rotatable bonds is 4. The van der Waals surface area contributed by atoms with Crippen LogP contribution >= 0.6 is 11.6 Å². The smallest absolute Gasteiger partial charge is 0.255 e. The summed E-state index contributed by atoms with van der Waals surface area (Å²) in [6, 6.07) is 22.4. The van der Waals surface area contributed by atoms with Gasteiger partial charge in [0.25, 0.3) is 5.91 Å². The van der Waals surface area contributed by atoms with Gasteiger partial charge in [-0.05, 0) is 61.0 Å². The molecule has 0 saturated heterocycles. The summed E-state index contributed by atoms with van der Waals surface area (Å²) in [7, 11) is 1.61. The fourth-order valence-corrected chi connectivity index (χ4v) is 4.22. The van der Waals surface area contributed by atoms with Crippen LogP contribution in [-0.2, 0) is 4.79 Å². The highest BCUT2D eigenvalue weighted by Crippen LogP contribution is 2.39. The van der Waals surface area contributed by atoms with Crippen molar-refractivity contribution < 1.29 is 9.53 Å². The predicted octanol–water partition coefficient (Wildman–Crippen LogP) is 5.63. The Morgan fingerprint density at radius 3 is 2.50 bits per heavy atom. The van der Waals surface area contributed by atoms with E-state index in [-0.39, 0.29) is 11.9 Å². The molecule has 1 unspecified atom stereocenters. The number of nitrogens with one attached hydrogen (secondary N) is 2. The van der Waals surface area contributed by atoms with Crippen molar-refractivity contribution in [3.8, 4) is 5.75 Å². The highest BCUT2D eigenvalue weighted by Gasteiger charge is 2.34. The normalized spacial score (nSPS) is 15.3. The lowest BCUT2D eigenvalue weighted by molar-refractivity contribution is -0.113. The molecule has 4 aromatic rings. The maximum atomic E-state index is 13.6. The second kappa shape index (κ2) is 8.05. The van der Waals surface area contributed by atoms with Gasteiger partial charge in [-0.2, -0.15) is 0 Å². The number of halogens is 1. The molecule has 0 radical (unpaired) electrons. The molecule has 1 aliphatic heterocycles. The van der Waals surface area contributed by atoms with Crippen LogP contribution in [0.2, 0.25) is 5.02 Å². The maximum Gasteiger partial charge on any atom is 0.255 e. The van der Waals surface area contributed by atoms with Gasteiger partial charge in [0.05, 0.1) is 29.8 Å². The fraction of sp³-hybridized carbons (Fsp3) is 0.120. The topological polar surface area (TPSA) is 68.2 Å². The highest BCUT2D eigenvalue weighted by molar-refractivity contribution is 6.30. The van der Waals surface area contributed by atoms with Crippen LogP contribution < -0.4 is 15.4 Å². The average Bonchev–Trinajstić information content (AvgIpc) is 3.17. The minimum Gasteiger partial charge on any atom is -0.497 e. The van der Waals surface area contributed by atoms with Gasteiger partial charge in [-0.1, -0.05) is 35.9 Å². The first-order chi connectivity index (χ1) is 15.5. The number of fused-ring (bicyclic) bond motifs is 3. The summed E-state index contributed by atoms with van der Waals surface area (Å²) >= 11 is 6.15. The Hall–Kier alpha value is -3.77. The van der Waals surface area contributed by atoms with Crippen LogP contribution in [0.5, 0.6) is 5.75 Å². The Morgan fingerprint density at radius 2 is 1.78 bits per heavy atom. The summed E-state index contributed by atoms with van der Waals surface area (Å²) in [5.74, 6) is 1.24. The molecule has 0 bridgehead atoms. The van der Waals surface area contributed by atoms with Crippen molar-refractivity contribution in [1.82, 2.24) is 9.55 Å². The molecule has 32 heavy (non-hydrogen) atoms. The number of aromatic nitrogens is 2. The van der Waals surface area contributed by atoms with E-state index in [1.807, 2.05) is 79.7 Å². The molecule has 6 nitrogen and oxygen atoms in total. The van der Waals surface area contributed by atoms with Crippen molar-refractivity contribution >= 4 is 40.2 Å². The van der Waals surface area contributed by atoms with Crippen molar-refractivity contribution in [2.75, 3.05) is 17.7 Å². The minimum atomic E-state index is -0.367. The zero-order valence-electron chi connectivity index (χ0n) is 17.6. The molecule has 1 amide bonds. The predicted molar refractivity (Wildman–Crippen MR) is 127 cm³/mol. The van der Waals surface area contributed by atoms with Gasteiger partial charge < -0.3 is 15.4 Å². The van der Waals surface area contributed by atoms with Gasteiger partial charge in [0.1, 0.15) is 5.75 Å². The zero-order chi connectivity index (χ0) is 22.2. The molecule has 0 spiro atoms. The van der Waals surface area contributed by atoms with E-state index >= 15 is 0 Å². The first kappa shape index (κ1) is 20.2. The molecule has 5 rings (SSSR count). The number of anilines is 2. The van der Waals surface area contributed by atoms with Gasteiger partial charge in [-0.25, -0.2) is 4.98 Å². The number of carbonyl (C=O) groups is 1. The molecule has 2 N–H and O–H groups in total. The van der Waals surface area contributed by atoms with Crippen molar-refractivity contribution in [2.24, 2.45) is 0 Å². The number of imidazole rings is 1. The molecule has 7 heteroatoms. The molecule has 1 aliphatic rings. The van der Waals surface area contributed by atoms with Crippen LogP contribution in [0.15, 0.2) is 84.1 Å². The SMILES string of the molecule is COc1ccc(NC(=O)C2=C(C)Nc3nc4ccccc4n3C2c2ccc(Cl)cc2)cc1. The Balaban J connectivity index is 1.62. The maximum absolute atomic E-state index is 13.6. The minimum absolute atomic E-state index is 0.191. The van der Waals surface area contributed by atoms with Gasteiger partial charge in [-0.15, -0.1) is 0 Å². The van der Waals surface area contributed by atoms with E-state index in [1.54, 1.807) is 7.11 Å². The van der Waals surface area contributed by atoms with Gasteiger partial charge >= 0.3 is 0 Å². The summed E-state index contributed by atoms with van der Waals surface area (Å²) in [4.78, 5) is 18.3. The molecule has 1 atom stereocenters. The van der Waals surface area contributed by atoms with Crippen LogP contribution in [-0.4, -0.2) is 22.6 Å². The average molecular weight is 445 g/mol. The summed E-state index contributed by atoms with van der Waals surface area (Å²) in [5, 5.41) is 6.99. The van der Waals surface area contributed by atoms with Gasteiger partial charge in [0, 0.05) is 16.4 Å². The van der Waals surface area contributed by atoms with Crippen LogP contribution in [0.3, 0.4) is 0 Å². The number of nitrogens with zero attached hydrogens (tertiary/aromatic N) is 2. The Bertz CT molecular complexity index is 1340. The summed E-state index contributed by atoms with van der Waals surface area (Å²) in [6.07, 6.45) is 0. The summed E-state index contributed by atoms with van der Waals surface area (Å²) in [6.45, 7) is 1.90. The van der Waals surface area contributed by atoms with Gasteiger partial charge in [-0.3, -0.25) is 9.36 Å². The lowest BCUT2D eigenvalue weighted by Crippen LogP contribution is -2.30. The Kier molecular flexibility index (Phi) is 5.07. The third-order valence-electron chi connectivity index (χ3n) is 5.61. The lowest BCUT2D eigenvalue weighted by Gasteiger charge is -2.30. The standard InChI is InChI=1S/C25H21ClN4O2/c1-15-22(24(31)28-18-11-13-19(32-2)14-12-18)23(16-7-9-17(26)10-8-16)30-21-6-4-3-5-20(21)29-25(30)27-15/h3-14,23H,1-2H3,(H,27,29)(H,28,31). The molecular weight excluding hydrogens is 424 g/mol. The highest BCUT2D eigenvalue weighted by atomic mass is 35.5. The van der Waals surface area contributed by atoms with Crippen LogP contribution in [0.4, 0.5) is 11.6 Å². The van der Waals surface area contributed by atoms with E-state index in [2.05, 4.69) is 15.2 Å². The first-order valence-corrected chi connectivity index (χ1v) is 10.6. The Labute approximate surface area is 190 Å². The third kappa shape index (κ3) is 3.48. The number of para-hydroxylation sites is 2. The number of amides is 1. The molecular formula is C25H21ClN4O2. The van der Waals surface area contributed by atoms with E-state index in [0.717, 1.165) is 28.0 Å². The number of methoxy groups -OCH3 is 1. The van der Waals surface area contributed by atoms with Crippen molar-refractivity contribution in [2.45, 2.75) is 13.0 Å². The second-order valence-electron chi connectivity index (χ2n) is 7.59. The van der Waals surface area contributed by atoms with Gasteiger partial charge in [0.15, 0.2) is 0 Å². The quantitative estimate of drug-likeness (QED) is 0.428. The first-order valence-electron chi connectivity index (χ1n) is 10.2. The lowest BCUT2D eigenvalue weighted by atomic mass is 9.94. The molecule has 160 valence electrons. The van der Waals surface area contributed by atoms with Crippen LogP contribution in [0.25, 0.3) is 11.0 Å². The number of ether oxygens (including phenoxy) is 1. The van der Waals surface area contributed by atoms with Gasteiger partial charge in [0.2, 0.25) is 5.95 Å². The van der Waals surface area contributed by atoms with E-state index in [1.165, 1.54) is 0 Å². The number of hydrogen-bond acceptors (Lipinski definition) is 4. The fourth-order valence-electron chi connectivity index (χ4n) is 4.09. The largest absolute Gasteiger partial charge is 0.497 e. The van der Waals surface area contributed by atoms with Crippen LogP contribution in [0.1, 0.15) is 18.5 Å². The zero-order valence-corrected chi connectivity index (χ0v) is 18.4. The number of hydrogen-bond donors (Lipinski definition) is 2. The number of benzene rings is 3. The van der Waals surface area contributed by atoms with E-state index in [4.69, 9.17) is 21.3 Å². The van der Waals surface area contributed by atoms with Crippen molar-refractivity contribution in [3.63, 3.8) is 0 Å². The number of allylic oxidation sites excluding steroid dienone is 1. The van der Waals surface area contributed by atoms with E-state index < -0.39 is 0 Å². The monoisotopic (exact) mass is 444 g/mol. The third-order valence-corrected chi connectivity index (χ3v) is 5.86. The van der Waals surface area contributed by atoms with Crippen molar-refractivity contribution in [1.29, 1.82) is 0 Å². The molecule has 2 heterocycles. The second-order valence-corrected chi connectivity index (χ2v) is 8.03. The molecule has 1 aromatic heterocycles. The van der Waals surface area contributed by atoms with Crippen LogP contribution in [0, 0.1) is 0 Å².